The lowest BCUT2D eigenvalue weighted by molar-refractivity contribution is 0.200. The van der Waals surface area contributed by atoms with Crippen LogP contribution in [0.25, 0.3) is 22.2 Å². The Hall–Kier alpha value is -3.64. The van der Waals surface area contributed by atoms with Crippen molar-refractivity contribution >= 4 is 16.9 Å². The highest BCUT2D eigenvalue weighted by atomic mass is 16.5. The summed E-state index contributed by atoms with van der Waals surface area (Å²) < 4.78 is 5.83. The zero-order valence-electron chi connectivity index (χ0n) is 17.9. The predicted molar refractivity (Wildman–Crippen MR) is 127 cm³/mol. The molecule has 0 bridgehead atoms. The maximum absolute atomic E-state index is 9.54. The number of rotatable bonds is 6. The Morgan fingerprint density at radius 1 is 0.812 bits per heavy atom. The van der Waals surface area contributed by atoms with Gasteiger partial charge in [-0.15, -0.1) is 0 Å². The summed E-state index contributed by atoms with van der Waals surface area (Å²) in [4.78, 5) is 14.3. The first-order chi connectivity index (χ1) is 15.7. The summed E-state index contributed by atoms with van der Waals surface area (Å²) >= 11 is 0. The van der Waals surface area contributed by atoms with Crippen LogP contribution in [0, 0.1) is 0 Å². The van der Waals surface area contributed by atoms with Gasteiger partial charge in [-0.2, -0.15) is 0 Å². The SMILES string of the molecule is Oc1ccc(-c2ccc3ncc(N4CCN(CCOc5ccccc5)CC4)nc3c2)cc1. The van der Waals surface area contributed by atoms with Crippen molar-refractivity contribution in [2.24, 2.45) is 0 Å². The number of piperazine rings is 1. The van der Waals surface area contributed by atoms with Crippen molar-refractivity contribution in [3.05, 3.63) is 79.0 Å². The van der Waals surface area contributed by atoms with Gasteiger partial charge in [0.1, 0.15) is 23.9 Å². The topological polar surface area (TPSA) is 61.7 Å². The first-order valence-electron chi connectivity index (χ1n) is 11.0. The van der Waals surface area contributed by atoms with Crippen molar-refractivity contribution in [1.82, 2.24) is 14.9 Å². The Bertz CT molecular complexity index is 1170. The van der Waals surface area contributed by atoms with Crippen molar-refractivity contribution in [2.75, 3.05) is 44.2 Å². The van der Waals surface area contributed by atoms with Gasteiger partial charge in [0.05, 0.1) is 17.2 Å². The molecule has 0 radical (unpaired) electrons. The van der Waals surface area contributed by atoms with Gasteiger partial charge < -0.3 is 14.7 Å². The fourth-order valence-electron chi connectivity index (χ4n) is 4.00. The van der Waals surface area contributed by atoms with E-state index >= 15 is 0 Å². The van der Waals surface area contributed by atoms with Crippen LogP contribution in [-0.2, 0) is 0 Å². The summed E-state index contributed by atoms with van der Waals surface area (Å²) in [5.41, 5.74) is 3.87. The smallest absolute Gasteiger partial charge is 0.147 e. The van der Waals surface area contributed by atoms with Crippen molar-refractivity contribution in [1.29, 1.82) is 0 Å². The number of benzene rings is 3. The standard InChI is InChI=1S/C26H26N4O2/c31-22-9-6-20(7-10-22)21-8-11-24-25(18-21)28-26(19-27-24)30-14-12-29(13-15-30)16-17-32-23-4-2-1-3-5-23/h1-11,18-19,31H,12-17H2. The number of nitrogens with zero attached hydrogens (tertiary/aromatic N) is 4. The van der Waals surface area contributed by atoms with E-state index in [0.29, 0.717) is 6.61 Å². The van der Waals surface area contributed by atoms with Crippen molar-refractivity contribution < 1.29 is 9.84 Å². The van der Waals surface area contributed by atoms with Gasteiger partial charge in [0.2, 0.25) is 0 Å². The monoisotopic (exact) mass is 426 g/mol. The molecule has 2 heterocycles. The molecule has 6 heteroatoms. The van der Waals surface area contributed by atoms with Crippen molar-refractivity contribution in [3.8, 4) is 22.6 Å². The first kappa shape index (κ1) is 20.3. The number of ether oxygens (including phenoxy) is 1. The van der Waals surface area contributed by atoms with E-state index in [-0.39, 0.29) is 5.75 Å². The molecular weight excluding hydrogens is 400 g/mol. The lowest BCUT2D eigenvalue weighted by Gasteiger charge is -2.35. The van der Waals surface area contributed by atoms with Crippen LogP contribution in [0.15, 0.2) is 79.0 Å². The van der Waals surface area contributed by atoms with Crippen LogP contribution >= 0.6 is 0 Å². The summed E-state index contributed by atoms with van der Waals surface area (Å²) in [5, 5.41) is 9.54. The van der Waals surface area contributed by atoms with Crippen LogP contribution in [-0.4, -0.2) is 59.3 Å². The number of hydrogen-bond donors (Lipinski definition) is 1. The van der Waals surface area contributed by atoms with E-state index in [1.165, 1.54) is 0 Å². The van der Waals surface area contributed by atoms with Gasteiger partial charge in [-0.25, -0.2) is 4.98 Å². The summed E-state index contributed by atoms with van der Waals surface area (Å²) in [6.45, 7) is 5.41. The second-order valence-electron chi connectivity index (χ2n) is 7.97. The molecule has 32 heavy (non-hydrogen) atoms. The van der Waals surface area contributed by atoms with E-state index in [1.54, 1.807) is 12.1 Å². The van der Waals surface area contributed by atoms with Crippen LogP contribution in [0.5, 0.6) is 11.5 Å². The zero-order chi connectivity index (χ0) is 21.8. The van der Waals surface area contributed by atoms with E-state index in [9.17, 15) is 5.11 Å². The number of para-hydroxylation sites is 1. The molecule has 1 N–H and O–H groups in total. The Balaban J connectivity index is 1.21. The molecule has 0 atom stereocenters. The molecule has 1 fully saturated rings. The van der Waals surface area contributed by atoms with Gasteiger partial charge in [-0.3, -0.25) is 9.88 Å². The van der Waals surface area contributed by atoms with Gasteiger partial charge >= 0.3 is 0 Å². The lowest BCUT2D eigenvalue weighted by atomic mass is 10.0. The number of fused-ring (bicyclic) bond motifs is 1. The third-order valence-electron chi connectivity index (χ3n) is 5.85. The Labute approximate surface area is 187 Å². The van der Waals surface area contributed by atoms with Gasteiger partial charge in [0.15, 0.2) is 0 Å². The Morgan fingerprint density at radius 3 is 2.34 bits per heavy atom. The van der Waals surface area contributed by atoms with Crippen LogP contribution in [0.3, 0.4) is 0 Å². The fraction of sp³-hybridized carbons (Fsp3) is 0.231. The minimum Gasteiger partial charge on any atom is -0.508 e. The molecule has 6 nitrogen and oxygen atoms in total. The van der Waals surface area contributed by atoms with Crippen LogP contribution < -0.4 is 9.64 Å². The maximum Gasteiger partial charge on any atom is 0.147 e. The number of aromatic hydroxyl groups is 1. The number of phenols is 1. The Kier molecular flexibility index (Phi) is 5.85. The number of hydrogen-bond acceptors (Lipinski definition) is 6. The molecule has 0 spiro atoms. The summed E-state index contributed by atoms with van der Waals surface area (Å²) in [6, 6.07) is 23.3. The van der Waals surface area contributed by atoms with Crippen LogP contribution in [0.2, 0.25) is 0 Å². The minimum atomic E-state index is 0.266. The quantitative estimate of drug-likeness (QED) is 0.499. The van der Waals surface area contributed by atoms with E-state index in [0.717, 1.165) is 66.5 Å². The maximum atomic E-state index is 9.54. The van der Waals surface area contributed by atoms with E-state index < -0.39 is 0 Å². The van der Waals surface area contributed by atoms with E-state index in [4.69, 9.17) is 9.72 Å². The average molecular weight is 427 g/mol. The van der Waals surface area contributed by atoms with Crippen molar-refractivity contribution in [2.45, 2.75) is 0 Å². The molecule has 3 aromatic carbocycles. The van der Waals surface area contributed by atoms with Crippen LogP contribution in [0.4, 0.5) is 5.82 Å². The highest BCUT2D eigenvalue weighted by Gasteiger charge is 2.18. The molecule has 0 saturated carbocycles. The molecule has 162 valence electrons. The van der Waals surface area contributed by atoms with Crippen molar-refractivity contribution in [3.63, 3.8) is 0 Å². The zero-order valence-corrected chi connectivity index (χ0v) is 17.9. The summed E-state index contributed by atoms with van der Waals surface area (Å²) in [7, 11) is 0. The first-order valence-corrected chi connectivity index (χ1v) is 11.0. The third-order valence-corrected chi connectivity index (χ3v) is 5.85. The Morgan fingerprint density at radius 2 is 1.56 bits per heavy atom. The van der Waals surface area contributed by atoms with Gasteiger partial charge in [0.25, 0.3) is 0 Å². The molecule has 1 aromatic heterocycles. The lowest BCUT2D eigenvalue weighted by Crippen LogP contribution is -2.47. The second kappa shape index (κ2) is 9.24. The largest absolute Gasteiger partial charge is 0.508 e. The van der Waals surface area contributed by atoms with Gasteiger partial charge in [0, 0.05) is 32.7 Å². The molecule has 0 unspecified atom stereocenters. The van der Waals surface area contributed by atoms with E-state index in [2.05, 4.69) is 20.9 Å². The molecule has 4 aromatic rings. The molecule has 1 saturated heterocycles. The van der Waals surface area contributed by atoms with Crippen LogP contribution in [0.1, 0.15) is 0 Å². The highest BCUT2D eigenvalue weighted by molar-refractivity contribution is 5.82. The normalized spacial score (nSPS) is 14.6. The molecule has 1 aliphatic heterocycles. The van der Waals surface area contributed by atoms with E-state index in [1.807, 2.05) is 60.8 Å². The summed E-state index contributed by atoms with van der Waals surface area (Å²) in [6.07, 6.45) is 1.87. The molecule has 1 aliphatic rings. The third kappa shape index (κ3) is 4.65. The van der Waals surface area contributed by atoms with Gasteiger partial charge in [-0.1, -0.05) is 36.4 Å². The minimum absolute atomic E-state index is 0.266. The second-order valence-corrected chi connectivity index (χ2v) is 7.97. The fourth-order valence-corrected chi connectivity index (χ4v) is 4.00. The number of aromatic nitrogens is 2. The number of anilines is 1. The highest BCUT2D eigenvalue weighted by Crippen LogP contribution is 2.26. The molecule has 0 amide bonds. The predicted octanol–water partition coefficient (Wildman–Crippen LogP) is 4.20. The number of phenolic OH excluding ortho intramolecular Hbond substituents is 1. The molecule has 0 aliphatic carbocycles. The molecule has 5 rings (SSSR count). The summed E-state index contributed by atoms with van der Waals surface area (Å²) in [5.74, 6) is 2.10. The average Bonchev–Trinajstić information content (AvgIpc) is 2.85. The van der Waals surface area contributed by atoms with Gasteiger partial charge in [-0.05, 0) is 47.5 Å². The molecular formula is C26H26N4O2.